The highest BCUT2D eigenvalue weighted by Crippen LogP contribution is 2.23. The molecule has 2 aromatic heterocycles. The third kappa shape index (κ3) is 1.94. The summed E-state index contributed by atoms with van der Waals surface area (Å²) in [6.45, 7) is 1.93. The number of aromatic nitrogens is 2. The molecule has 2 heterocycles. The van der Waals surface area contributed by atoms with E-state index in [1.165, 1.54) is 0 Å². The van der Waals surface area contributed by atoms with E-state index in [-0.39, 0.29) is 11.7 Å². The van der Waals surface area contributed by atoms with Crippen molar-refractivity contribution >= 4 is 27.4 Å². The van der Waals surface area contributed by atoms with Gasteiger partial charge < -0.3 is 10.4 Å². The maximum absolute atomic E-state index is 11.1. The highest BCUT2D eigenvalue weighted by molar-refractivity contribution is 9.10. The van der Waals surface area contributed by atoms with Crippen LogP contribution in [0.4, 0.5) is 0 Å². The first-order valence-corrected chi connectivity index (χ1v) is 5.93. The minimum Gasteiger partial charge on any atom is -0.476 e. The number of nitrogens with one attached hydrogen (secondary N) is 1. The Hall–Kier alpha value is -1.40. The second kappa shape index (κ2) is 4.46. The molecule has 0 aromatic carbocycles. The smallest absolute Gasteiger partial charge is 0.356 e. The molecule has 0 amide bonds. The summed E-state index contributed by atoms with van der Waals surface area (Å²) in [5, 5.41) is 12.2. The summed E-state index contributed by atoms with van der Waals surface area (Å²) in [5.74, 6) is -0.345. The van der Waals surface area contributed by atoms with Gasteiger partial charge in [0.25, 0.3) is 0 Å². The van der Waals surface area contributed by atoms with Gasteiger partial charge >= 0.3 is 5.97 Å². The Kier molecular flexibility index (Phi) is 3.17. The molecular weight excluding hydrogens is 286 g/mol. The minimum absolute atomic E-state index is 0.0331. The zero-order chi connectivity index (χ0) is 12.6. The Morgan fingerprint density at radius 1 is 1.59 bits per heavy atom. The number of hydrogen-bond acceptors (Lipinski definition) is 3. The zero-order valence-electron chi connectivity index (χ0n) is 9.44. The number of imidazole rings is 1. The Morgan fingerprint density at radius 2 is 2.29 bits per heavy atom. The van der Waals surface area contributed by atoms with Crippen LogP contribution in [0.5, 0.6) is 0 Å². The van der Waals surface area contributed by atoms with E-state index in [0.29, 0.717) is 11.3 Å². The van der Waals surface area contributed by atoms with E-state index in [1.54, 1.807) is 16.5 Å². The van der Waals surface area contributed by atoms with Crippen molar-refractivity contribution in [3.63, 3.8) is 0 Å². The van der Waals surface area contributed by atoms with Crippen molar-refractivity contribution < 1.29 is 9.90 Å². The Balaban J connectivity index is 2.80. The van der Waals surface area contributed by atoms with E-state index in [1.807, 2.05) is 20.0 Å². The molecule has 2 aromatic rings. The number of aromatic carboxylic acids is 1. The van der Waals surface area contributed by atoms with Crippen molar-refractivity contribution in [2.24, 2.45) is 0 Å². The summed E-state index contributed by atoms with van der Waals surface area (Å²) in [5.41, 5.74) is 0.660. The fourth-order valence-electron chi connectivity index (χ4n) is 1.70. The summed E-state index contributed by atoms with van der Waals surface area (Å²) in [6, 6.07) is 5.36. The molecule has 1 atom stereocenters. The van der Waals surface area contributed by atoms with E-state index in [4.69, 9.17) is 5.11 Å². The third-order valence-electron chi connectivity index (χ3n) is 2.66. The monoisotopic (exact) mass is 297 g/mol. The van der Waals surface area contributed by atoms with Gasteiger partial charge in [0.05, 0.1) is 16.2 Å². The average Bonchev–Trinajstić information content (AvgIpc) is 2.69. The topological polar surface area (TPSA) is 66.6 Å². The summed E-state index contributed by atoms with van der Waals surface area (Å²) in [7, 11) is 1.81. The molecule has 0 aliphatic rings. The van der Waals surface area contributed by atoms with Crippen molar-refractivity contribution in [1.29, 1.82) is 0 Å². The number of carbonyl (C=O) groups is 1. The molecule has 0 spiro atoms. The molecule has 5 nitrogen and oxygen atoms in total. The van der Waals surface area contributed by atoms with Gasteiger partial charge in [0.2, 0.25) is 0 Å². The second-order valence-electron chi connectivity index (χ2n) is 3.70. The zero-order valence-corrected chi connectivity index (χ0v) is 11.0. The fourth-order valence-corrected chi connectivity index (χ4v) is 2.22. The summed E-state index contributed by atoms with van der Waals surface area (Å²) >= 11 is 3.41. The molecule has 0 saturated heterocycles. The van der Waals surface area contributed by atoms with Gasteiger partial charge in [-0.1, -0.05) is 6.07 Å². The highest BCUT2D eigenvalue weighted by atomic mass is 79.9. The molecule has 2 N–H and O–H groups in total. The molecular formula is C11H12BrN3O2. The first kappa shape index (κ1) is 12.1. The van der Waals surface area contributed by atoms with Gasteiger partial charge in [-0.05, 0) is 42.0 Å². The van der Waals surface area contributed by atoms with Crippen LogP contribution in [0.25, 0.3) is 5.52 Å². The molecule has 2 rings (SSSR count). The maximum atomic E-state index is 11.1. The standard InChI is InChI=1S/C11H12BrN3O2/c1-6(13-2)10-14-9(11(16)17)7-4-3-5-8(12)15(7)10/h3-6,13H,1-2H3,(H,16,17). The molecule has 0 saturated carbocycles. The quantitative estimate of drug-likeness (QED) is 0.851. The Labute approximate surface area is 107 Å². The predicted molar refractivity (Wildman–Crippen MR) is 67.3 cm³/mol. The largest absolute Gasteiger partial charge is 0.476 e. The predicted octanol–water partition coefficient (Wildman–Crippen LogP) is 2.08. The van der Waals surface area contributed by atoms with E-state index in [9.17, 15) is 4.79 Å². The van der Waals surface area contributed by atoms with E-state index in [0.717, 1.165) is 4.60 Å². The highest BCUT2D eigenvalue weighted by Gasteiger charge is 2.20. The number of halogens is 1. The van der Waals surface area contributed by atoms with Crippen molar-refractivity contribution in [2.75, 3.05) is 7.05 Å². The van der Waals surface area contributed by atoms with Crippen LogP contribution in [0.3, 0.4) is 0 Å². The van der Waals surface area contributed by atoms with Crippen LogP contribution in [-0.2, 0) is 0 Å². The fraction of sp³-hybridized carbons (Fsp3) is 0.273. The first-order valence-electron chi connectivity index (χ1n) is 5.13. The van der Waals surface area contributed by atoms with Crippen molar-refractivity contribution in [3.05, 3.63) is 34.3 Å². The van der Waals surface area contributed by atoms with Crippen molar-refractivity contribution in [1.82, 2.24) is 14.7 Å². The van der Waals surface area contributed by atoms with Crippen LogP contribution in [0.2, 0.25) is 0 Å². The van der Waals surface area contributed by atoms with E-state index < -0.39 is 5.97 Å². The van der Waals surface area contributed by atoms with Gasteiger partial charge in [-0.15, -0.1) is 0 Å². The van der Waals surface area contributed by atoms with Crippen LogP contribution in [0.15, 0.2) is 22.8 Å². The maximum Gasteiger partial charge on any atom is 0.356 e. The van der Waals surface area contributed by atoms with Crippen LogP contribution in [0, 0.1) is 0 Å². The summed E-state index contributed by atoms with van der Waals surface area (Å²) in [4.78, 5) is 15.3. The molecule has 0 aliphatic carbocycles. The van der Waals surface area contributed by atoms with Crippen LogP contribution in [-0.4, -0.2) is 27.5 Å². The normalized spacial score (nSPS) is 12.9. The average molecular weight is 298 g/mol. The molecule has 0 radical (unpaired) electrons. The van der Waals surface area contributed by atoms with E-state index in [2.05, 4.69) is 26.2 Å². The van der Waals surface area contributed by atoms with Crippen LogP contribution < -0.4 is 5.32 Å². The molecule has 0 fully saturated rings. The molecule has 0 aliphatic heterocycles. The van der Waals surface area contributed by atoms with Crippen LogP contribution in [0.1, 0.15) is 29.3 Å². The summed E-state index contributed by atoms with van der Waals surface area (Å²) in [6.07, 6.45) is 0. The molecule has 6 heteroatoms. The number of carboxylic acids is 1. The van der Waals surface area contributed by atoms with Crippen LogP contribution >= 0.6 is 15.9 Å². The van der Waals surface area contributed by atoms with Gasteiger partial charge in [0.1, 0.15) is 5.82 Å². The van der Waals surface area contributed by atoms with Gasteiger partial charge in [-0.25, -0.2) is 9.78 Å². The lowest BCUT2D eigenvalue weighted by molar-refractivity contribution is 0.0693. The minimum atomic E-state index is -1.02. The van der Waals surface area contributed by atoms with Gasteiger partial charge in [0.15, 0.2) is 5.69 Å². The molecule has 90 valence electrons. The molecule has 1 unspecified atom stereocenters. The number of nitrogens with zero attached hydrogens (tertiary/aromatic N) is 2. The number of hydrogen-bond donors (Lipinski definition) is 2. The number of fused-ring (bicyclic) bond motifs is 1. The summed E-state index contributed by atoms with van der Waals surface area (Å²) < 4.78 is 2.58. The number of carboxylic acid groups (broad SMARTS) is 1. The lowest BCUT2D eigenvalue weighted by Gasteiger charge is -2.09. The Bertz CT molecular complexity index is 579. The third-order valence-corrected chi connectivity index (χ3v) is 3.28. The number of rotatable bonds is 3. The van der Waals surface area contributed by atoms with Crippen molar-refractivity contribution in [2.45, 2.75) is 13.0 Å². The molecule has 0 bridgehead atoms. The molecule has 17 heavy (non-hydrogen) atoms. The number of pyridine rings is 1. The SMILES string of the molecule is CNC(C)c1nc(C(=O)O)c2cccc(Br)n12. The Morgan fingerprint density at radius 3 is 2.88 bits per heavy atom. The van der Waals surface area contributed by atoms with Gasteiger partial charge in [0, 0.05) is 0 Å². The van der Waals surface area contributed by atoms with Gasteiger partial charge in [-0.3, -0.25) is 4.40 Å². The first-order chi connectivity index (χ1) is 8.06. The van der Waals surface area contributed by atoms with Crippen molar-refractivity contribution in [3.8, 4) is 0 Å². The van der Waals surface area contributed by atoms with E-state index >= 15 is 0 Å². The second-order valence-corrected chi connectivity index (χ2v) is 4.52. The lowest BCUT2D eigenvalue weighted by atomic mass is 10.3. The lowest BCUT2D eigenvalue weighted by Crippen LogP contribution is -2.15. The van der Waals surface area contributed by atoms with Gasteiger partial charge in [-0.2, -0.15) is 0 Å².